The van der Waals surface area contributed by atoms with Gasteiger partial charge in [-0.2, -0.15) is 0 Å². The lowest BCUT2D eigenvalue weighted by molar-refractivity contribution is -0.120. The maximum absolute atomic E-state index is 11.4. The molecule has 1 aliphatic rings. The van der Waals surface area contributed by atoms with Crippen LogP contribution in [-0.2, 0) is 9.53 Å². The summed E-state index contributed by atoms with van der Waals surface area (Å²) in [5.41, 5.74) is 0. The normalized spacial score (nSPS) is 23.9. The summed E-state index contributed by atoms with van der Waals surface area (Å²) in [4.78, 5) is 11.4. The number of hydrogen-bond acceptors (Lipinski definition) is 3. The van der Waals surface area contributed by atoms with Crippen LogP contribution in [0.4, 0.5) is 0 Å². The Balaban J connectivity index is 1.96. The molecule has 2 N–H and O–H groups in total. The molecular formula is C13H26N2O2. The molecule has 4 nitrogen and oxygen atoms in total. The molecule has 0 saturated heterocycles. The van der Waals surface area contributed by atoms with Gasteiger partial charge in [-0.1, -0.05) is 19.8 Å². The number of rotatable bonds is 8. The number of nitrogens with one attached hydrogen (secondary N) is 2. The Morgan fingerprint density at radius 1 is 1.41 bits per heavy atom. The molecule has 0 radical (unpaired) electrons. The number of methoxy groups -OCH3 is 1. The quantitative estimate of drug-likeness (QED) is 0.628. The third kappa shape index (κ3) is 6.03. The minimum absolute atomic E-state index is 0.0896. The number of amides is 1. The van der Waals surface area contributed by atoms with E-state index in [0.29, 0.717) is 19.7 Å². The summed E-state index contributed by atoms with van der Waals surface area (Å²) in [5.74, 6) is 1.66. The molecule has 1 fully saturated rings. The highest BCUT2D eigenvalue weighted by molar-refractivity contribution is 5.77. The minimum Gasteiger partial charge on any atom is -0.385 e. The summed E-state index contributed by atoms with van der Waals surface area (Å²) >= 11 is 0. The lowest BCUT2D eigenvalue weighted by Gasteiger charge is -2.15. The summed E-state index contributed by atoms with van der Waals surface area (Å²) in [7, 11) is 1.67. The molecule has 4 heteroatoms. The number of hydrogen-bond donors (Lipinski definition) is 2. The van der Waals surface area contributed by atoms with Crippen LogP contribution in [0.25, 0.3) is 0 Å². The van der Waals surface area contributed by atoms with Crippen LogP contribution in [0.2, 0.25) is 0 Å². The van der Waals surface area contributed by atoms with Crippen molar-refractivity contribution in [3.63, 3.8) is 0 Å². The molecule has 17 heavy (non-hydrogen) atoms. The van der Waals surface area contributed by atoms with Crippen molar-refractivity contribution in [2.45, 2.75) is 32.6 Å². The Bertz CT molecular complexity index is 221. The van der Waals surface area contributed by atoms with E-state index in [2.05, 4.69) is 17.6 Å². The minimum atomic E-state index is 0.0896. The summed E-state index contributed by atoms with van der Waals surface area (Å²) in [6.07, 6.45) is 4.87. The largest absolute Gasteiger partial charge is 0.385 e. The van der Waals surface area contributed by atoms with Gasteiger partial charge in [-0.05, 0) is 31.2 Å². The summed E-state index contributed by atoms with van der Waals surface area (Å²) < 4.78 is 4.92. The molecule has 0 aromatic heterocycles. The van der Waals surface area contributed by atoms with E-state index in [1.807, 2.05) is 0 Å². The smallest absolute Gasteiger partial charge is 0.233 e. The van der Waals surface area contributed by atoms with E-state index in [0.717, 1.165) is 24.8 Å². The molecular weight excluding hydrogens is 216 g/mol. The Labute approximate surface area is 104 Å². The molecule has 100 valence electrons. The van der Waals surface area contributed by atoms with Crippen LogP contribution in [0, 0.1) is 11.8 Å². The van der Waals surface area contributed by atoms with Crippen molar-refractivity contribution in [1.29, 1.82) is 0 Å². The van der Waals surface area contributed by atoms with Crippen LogP contribution in [0.3, 0.4) is 0 Å². The second kappa shape index (κ2) is 8.48. The van der Waals surface area contributed by atoms with Gasteiger partial charge in [0.2, 0.25) is 5.91 Å². The predicted molar refractivity (Wildman–Crippen MR) is 68.9 cm³/mol. The Morgan fingerprint density at radius 3 is 2.88 bits per heavy atom. The highest BCUT2D eigenvalue weighted by Crippen LogP contribution is 2.30. The van der Waals surface area contributed by atoms with Gasteiger partial charge in [0.05, 0.1) is 6.54 Å². The Hall–Kier alpha value is -0.610. The molecule has 0 aliphatic heterocycles. The highest BCUT2D eigenvalue weighted by atomic mass is 16.5. The molecule has 0 bridgehead atoms. The van der Waals surface area contributed by atoms with Crippen LogP contribution in [0.15, 0.2) is 0 Å². The van der Waals surface area contributed by atoms with Gasteiger partial charge in [0.25, 0.3) is 0 Å². The van der Waals surface area contributed by atoms with Crippen molar-refractivity contribution in [2.24, 2.45) is 11.8 Å². The fraction of sp³-hybridized carbons (Fsp3) is 0.923. The van der Waals surface area contributed by atoms with E-state index >= 15 is 0 Å². The molecule has 0 aromatic carbocycles. The summed E-state index contributed by atoms with van der Waals surface area (Å²) in [5, 5.41) is 6.13. The number of carbonyl (C=O) groups is 1. The lowest BCUT2D eigenvalue weighted by Crippen LogP contribution is -2.37. The maximum Gasteiger partial charge on any atom is 0.233 e. The van der Waals surface area contributed by atoms with Crippen LogP contribution in [0.5, 0.6) is 0 Å². The summed E-state index contributed by atoms with van der Waals surface area (Å²) in [6.45, 7) is 5.13. The van der Waals surface area contributed by atoms with E-state index in [1.54, 1.807) is 7.11 Å². The monoisotopic (exact) mass is 242 g/mol. The first kappa shape index (κ1) is 14.5. The molecule has 2 unspecified atom stereocenters. The van der Waals surface area contributed by atoms with Crippen molar-refractivity contribution in [3.05, 3.63) is 0 Å². The Morgan fingerprint density at radius 2 is 2.24 bits per heavy atom. The van der Waals surface area contributed by atoms with Gasteiger partial charge in [0.15, 0.2) is 0 Å². The third-order valence-corrected chi connectivity index (χ3v) is 3.58. The standard InChI is InChI=1S/C13H26N2O2/c1-11-5-3-6-12(11)9-14-10-13(16)15-7-4-8-17-2/h11-12,14H,3-10H2,1-2H3,(H,15,16). The predicted octanol–water partition coefficient (Wildman–Crippen LogP) is 1.16. The van der Waals surface area contributed by atoms with Crippen molar-refractivity contribution >= 4 is 5.91 Å². The average Bonchev–Trinajstić information content (AvgIpc) is 2.71. The Kier molecular flexibility index (Phi) is 7.21. The third-order valence-electron chi connectivity index (χ3n) is 3.58. The van der Waals surface area contributed by atoms with E-state index in [1.165, 1.54) is 19.3 Å². The van der Waals surface area contributed by atoms with E-state index < -0.39 is 0 Å². The lowest BCUT2D eigenvalue weighted by atomic mass is 9.98. The van der Waals surface area contributed by atoms with Gasteiger partial charge >= 0.3 is 0 Å². The fourth-order valence-corrected chi connectivity index (χ4v) is 2.40. The summed E-state index contributed by atoms with van der Waals surface area (Å²) in [6, 6.07) is 0. The fourth-order valence-electron chi connectivity index (χ4n) is 2.40. The van der Waals surface area contributed by atoms with Crippen LogP contribution in [-0.4, -0.2) is 39.3 Å². The highest BCUT2D eigenvalue weighted by Gasteiger charge is 2.22. The SMILES string of the molecule is COCCCNC(=O)CNCC1CCCC1C. The van der Waals surface area contributed by atoms with Gasteiger partial charge in [0, 0.05) is 20.3 Å². The maximum atomic E-state index is 11.4. The zero-order valence-corrected chi connectivity index (χ0v) is 11.1. The zero-order valence-electron chi connectivity index (χ0n) is 11.1. The van der Waals surface area contributed by atoms with Crippen LogP contribution in [0.1, 0.15) is 32.6 Å². The van der Waals surface area contributed by atoms with E-state index in [4.69, 9.17) is 4.74 Å². The molecule has 2 atom stereocenters. The molecule has 0 aromatic rings. The average molecular weight is 242 g/mol. The molecule has 1 aliphatic carbocycles. The second-order valence-electron chi connectivity index (χ2n) is 5.00. The second-order valence-corrected chi connectivity index (χ2v) is 5.00. The van der Waals surface area contributed by atoms with Crippen molar-refractivity contribution in [2.75, 3.05) is 33.4 Å². The number of ether oxygens (including phenoxy) is 1. The first-order valence-electron chi connectivity index (χ1n) is 6.70. The molecule has 0 heterocycles. The molecule has 1 rings (SSSR count). The van der Waals surface area contributed by atoms with Crippen LogP contribution < -0.4 is 10.6 Å². The van der Waals surface area contributed by atoms with Gasteiger partial charge in [-0.3, -0.25) is 4.79 Å². The van der Waals surface area contributed by atoms with Crippen molar-refractivity contribution < 1.29 is 9.53 Å². The van der Waals surface area contributed by atoms with Crippen LogP contribution >= 0.6 is 0 Å². The molecule has 1 amide bonds. The van der Waals surface area contributed by atoms with E-state index in [-0.39, 0.29) is 5.91 Å². The molecule has 0 spiro atoms. The number of carbonyl (C=O) groups excluding carboxylic acids is 1. The first-order chi connectivity index (χ1) is 8.24. The topological polar surface area (TPSA) is 50.4 Å². The van der Waals surface area contributed by atoms with E-state index in [9.17, 15) is 4.79 Å². The zero-order chi connectivity index (χ0) is 12.5. The molecule has 1 saturated carbocycles. The van der Waals surface area contributed by atoms with Gasteiger partial charge < -0.3 is 15.4 Å². The van der Waals surface area contributed by atoms with Gasteiger partial charge in [-0.25, -0.2) is 0 Å². The first-order valence-corrected chi connectivity index (χ1v) is 6.70. The van der Waals surface area contributed by atoms with Crippen molar-refractivity contribution in [3.8, 4) is 0 Å². The van der Waals surface area contributed by atoms with Crippen molar-refractivity contribution in [1.82, 2.24) is 10.6 Å². The van der Waals surface area contributed by atoms with Gasteiger partial charge in [0.1, 0.15) is 0 Å². The van der Waals surface area contributed by atoms with Gasteiger partial charge in [-0.15, -0.1) is 0 Å².